The monoisotopic (exact) mass is 125 g/mol. The summed E-state index contributed by atoms with van der Waals surface area (Å²) >= 11 is 0. The van der Waals surface area contributed by atoms with Gasteiger partial charge in [0.15, 0.2) is 0 Å². The maximum atomic E-state index is 3.50. The van der Waals surface area contributed by atoms with Crippen LogP contribution in [0.1, 0.15) is 26.7 Å². The summed E-state index contributed by atoms with van der Waals surface area (Å²) in [4.78, 5) is 0. The minimum Gasteiger partial charge on any atom is -0.313 e. The van der Waals surface area contributed by atoms with Gasteiger partial charge in [-0.15, -0.1) is 0 Å². The zero-order valence-electron chi connectivity index (χ0n) is 6.28. The first-order valence-electron chi connectivity index (χ1n) is 3.98. The summed E-state index contributed by atoms with van der Waals surface area (Å²) in [5, 5.41) is 3.50. The van der Waals surface area contributed by atoms with Crippen molar-refractivity contribution in [1.82, 2.24) is 5.32 Å². The molecule has 0 aromatic carbocycles. The second-order valence-electron chi connectivity index (χ2n) is 3.96. The van der Waals surface area contributed by atoms with Crippen LogP contribution in [0.15, 0.2) is 0 Å². The summed E-state index contributed by atoms with van der Waals surface area (Å²) in [5.41, 5.74) is 0.800. The third-order valence-corrected chi connectivity index (χ3v) is 2.89. The highest BCUT2D eigenvalue weighted by Crippen LogP contribution is 2.54. The van der Waals surface area contributed by atoms with Crippen LogP contribution >= 0.6 is 0 Å². The smallest absolute Gasteiger partial charge is 0.0159 e. The van der Waals surface area contributed by atoms with Crippen LogP contribution in [0.3, 0.4) is 0 Å². The summed E-state index contributed by atoms with van der Waals surface area (Å²) in [5.74, 6) is 0.848. The highest BCUT2D eigenvalue weighted by molar-refractivity contribution is 5.11. The molecule has 1 spiro atoms. The van der Waals surface area contributed by atoms with Gasteiger partial charge in [0.1, 0.15) is 0 Å². The van der Waals surface area contributed by atoms with Gasteiger partial charge < -0.3 is 5.32 Å². The number of hydrogen-bond donors (Lipinski definition) is 1. The van der Waals surface area contributed by atoms with Gasteiger partial charge in [-0.05, 0) is 24.2 Å². The molecular formula is C8H15N. The minimum absolute atomic E-state index is 0.800. The molecule has 1 nitrogen and oxygen atoms in total. The summed E-state index contributed by atoms with van der Waals surface area (Å²) in [7, 11) is 0. The van der Waals surface area contributed by atoms with Crippen LogP contribution < -0.4 is 5.32 Å². The molecule has 0 aromatic rings. The lowest BCUT2D eigenvalue weighted by atomic mass is 9.81. The van der Waals surface area contributed by atoms with E-state index < -0.39 is 0 Å². The van der Waals surface area contributed by atoms with Crippen molar-refractivity contribution < 1.29 is 0 Å². The van der Waals surface area contributed by atoms with Crippen molar-refractivity contribution in [3.63, 3.8) is 0 Å². The second kappa shape index (κ2) is 1.51. The lowest BCUT2D eigenvalue weighted by Gasteiger charge is -2.41. The van der Waals surface area contributed by atoms with Crippen LogP contribution in [0.5, 0.6) is 0 Å². The summed E-state index contributed by atoms with van der Waals surface area (Å²) in [6.07, 6.45) is 2.98. The lowest BCUT2D eigenvalue weighted by Crippen LogP contribution is -2.57. The van der Waals surface area contributed by atoms with Crippen LogP contribution in [-0.2, 0) is 0 Å². The van der Waals surface area contributed by atoms with Crippen LogP contribution in [0.4, 0.5) is 0 Å². The van der Waals surface area contributed by atoms with Gasteiger partial charge in [-0.25, -0.2) is 0 Å². The van der Waals surface area contributed by atoms with E-state index in [0.717, 1.165) is 17.4 Å². The van der Waals surface area contributed by atoms with Crippen LogP contribution in [-0.4, -0.2) is 12.6 Å². The Bertz CT molecular complexity index is 125. The van der Waals surface area contributed by atoms with Crippen molar-refractivity contribution in [2.24, 2.45) is 11.3 Å². The van der Waals surface area contributed by atoms with Gasteiger partial charge in [0, 0.05) is 12.6 Å². The molecule has 2 fully saturated rings. The Morgan fingerprint density at radius 1 is 1.44 bits per heavy atom. The molecule has 1 heteroatoms. The van der Waals surface area contributed by atoms with E-state index in [4.69, 9.17) is 0 Å². The molecule has 1 heterocycles. The highest BCUT2D eigenvalue weighted by atomic mass is 15.1. The Morgan fingerprint density at radius 2 is 2.11 bits per heavy atom. The SMILES string of the molecule is CC(C)[C@@H]1NCC12CC2. The Morgan fingerprint density at radius 3 is 2.22 bits per heavy atom. The fourth-order valence-corrected chi connectivity index (χ4v) is 2.10. The first kappa shape index (κ1) is 5.72. The Labute approximate surface area is 56.8 Å². The molecule has 0 radical (unpaired) electrons. The standard InChI is InChI=1S/C8H15N/c1-6(2)7-8(3-4-8)5-9-7/h6-7,9H,3-5H2,1-2H3/t7-/m0/s1. The quantitative estimate of drug-likeness (QED) is 0.558. The van der Waals surface area contributed by atoms with E-state index in [1.54, 1.807) is 0 Å². The van der Waals surface area contributed by atoms with Crippen molar-refractivity contribution in [3.8, 4) is 0 Å². The zero-order valence-corrected chi connectivity index (χ0v) is 6.28. The van der Waals surface area contributed by atoms with E-state index in [-0.39, 0.29) is 0 Å². The van der Waals surface area contributed by atoms with Gasteiger partial charge in [0.2, 0.25) is 0 Å². The maximum absolute atomic E-state index is 3.50. The molecule has 1 aliphatic carbocycles. The number of nitrogens with one attached hydrogen (secondary N) is 1. The molecule has 0 aromatic heterocycles. The molecule has 1 saturated carbocycles. The normalized spacial score (nSPS) is 37.0. The number of rotatable bonds is 1. The average Bonchev–Trinajstić information content (AvgIpc) is 2.37. The van der Waals surface area contributed by atoms with Gasteiger partial charge in [-0.2, -0.15) is 0 Å². The summed E-state index contributed by atoms with van der Waals surface area (Å²) in [6, 6.07) is 0.859. The first-order valence-corrected chi connectivity index (χ1v) is 3.98. The van der Waals surface area contributed by atoms with Gasteiger partial charge >= 0.3 is 0 Å². The van der Waals surface area contributed by atoms with E-state index in [1.807, 2.05) is 0 Å². The molecule has 1 aliphatic heterocycles. The molecule has 52 valence electrons. The Hall–Kier alpha value is -0.0400. The minimum atomic E-state index is 0.800. The van der Waals surface area contributed by atoms with Gasteiger partial charge in [0.05, 0.1) is 0 Å². The average molecular weight is 125 g/mol. The van der Waals surface area contributed by atoms with Crippen molar-refractivity contribution >= 4 is 0 Å². The predicted molar refractivity (Wildman–Crippen MR) is 38.3 cm³/mol. The fraction of sp³-hybridized carbons (Fsp3) is 1.00. The summed E-state index contributed by atoms with van der Waals surface area (Å²) in [6.45, 7) is 5.93. The van der Waals surface area contributed by atoms with Crippen LogP contribution in [0.2, 0.25) is 0 Å². The second-order valence-corrected chi connectivity index (χ2v) is 3.96. The zero-order chi connectivity index (χ0) is 6.48. The van der Waals surface area contributed by atoms with E-state index in [2.05, 4.69) is 19.2 Å². The largest absolute Gasteiger partial charge is 0.313 e. The Kier molecular flexibility index (Phi) is 0.963. The van der Waals surface area contributed by atoms with E-state index in [0.29, 0.717) is 0 Å². The van der Waals surface area contributed by atoms with Crippen LogP contribution in [0, 0.1) is 11.3 Å². The van der Waals surface area contributed by atoms with Crippen molar-refractivity contribution in [2.45, 2.75) is 32.7 Å². The first-order chi connectivity index (χ1) is 4.25. The van der Waals surface area contributed by atoms with Gasteiger partial charge in [0.25, 0.3) is 0 Å². The molecule has 1 atom stereocenters. The van der Waals surface area contributed by atoms with E-state index in [1.165, 1.54) is 19.4 Å². The predicted octanol–water partition coefficient (Wildman–Crippen LogP) is 1.39. The third kappa shape index (κ3) is 0.644. The van der Waals surface area contributed by atoms with Crippen molar-refractivity contribution in [1.29, 1.82) is 0 Å². The molecular weight excluding hydrogens is 110 g/mol. The molecule has 0 unspecified atom stereocenters. The molecule has 2 aliphatic rings. The molecule has 0 bridgehead atoms. The fourth-order valence-electron chi connectivity index (χ4n) is 2.10. The maximum Gasteiger partial charge on any atom is 0.0159 e. The van der Waals surface area contributed by atoms with Gasteiger partial charge in [-0.1, -0.05) is 13.8 Å². The molecule has 0 amide bonds. The molecule has 1 saturated heterocycles. The Balaban J connectivity index is 1.99. The highest BCUT2D eigenvalue weighted by Gasteiger charge is 2.56. The number of hydrogen-bond acceptors (Lipinski definition) is 1. The molecule has 9 heavy (non-hydrogen) atoms. The van der Waals surface area contributed by atoms with Crippen LogP contribution in [0.25, 0.3) is 0 Å². The van der Waals surface area contributed by atoms with E-state index >= 15 is 0 Å². The van der Waals surface area contributed by atoms with Crippen molar-refractivity contribution in [3.05, 3.63) is 0 Å². The van der Waals surface area contributed by atoms with E-state index in [9.17, 15) is 0 Å². The van der Waals surface area contributed by atoms with Gasteiger partial charge in [-0.3, -0.25) is 0 Å². The topological polar surface area (TPSA) is 12.0 Å². The molecule has 2 rings (SSSR count). The molecule has 1 N–H and O–H groups in total. The van der Waals surface area contributed by atoms with Crippen molar-refractivity contribution in [2.75, 3.05) is 6.54 Å². The third-order valence-electron chi connectivity index (χ3n) is 2.89. The lowest BCUT2D eigenvalue weighted by molar-refractivity contribution is 0.155. The summed E-state index contributed by atoms with van der Waals surface area (Å²) < 4.78 is 0.